The van der Waals surface area contributed by atoms with Crippen molar-refractivity contribution in [1.29, 1.82) is 0 Å². The molecule has 158 valence electrons. The number of aliphatic carboxylic acids is 1. The first kappa shape index (κ1) is 21.8. The number of ether oxygens (including phenoxy) is 1. The molecule has 1 heterocycles. The average Bonchev–Trinajstić information content (AvgIpc) is 2.72. The van der Waals surface area contributed by atoms with E-state index in [9.17, 15) is 28.3 Å². The highest BCUT2D eigenvalue weighted by Gasteiger charge is 2.48. The van der Waals surface area contributed by atoms with Gasteiger partial charge in [-0.2, -0.15) is 0 Å². The van der Waals surface area contributed by atoms with Crippen LogP contribution in [0.25, 0.3) is 0 Å². The average molecular weight is 474 g/mol. The monoisotopic (exact) mass is 473 g/mol. The minimum atomic E-state index is -3.07. The summed E-state index contributed by atoms with van der Waals surface area (Å²) >= 11 is 3.29. The largest absolute Gasteiger partial charge is 0.481 e. The van der Waals surface area contributed by atoms with E-state index in [1.807, 2.05) is 0 Å². The molecule has 29 heavy (non-hydrogen) atoms. The lowest BCUT2D eigenvalue weighted by molar-refractivity contribution is -0.157. The molecule has 1 aromatic carbocycles. The first-order valence-electron chi connectivity index (χ1n) is 9.45. The number of nitrogens with zero attached hydrogens (tertiary/aromatic N) is 1. The molecule has 9 heteroatoms. The van der Waals surface area contributed by atoms with E-state index in [1.54, 1.807) is 29.2 Å². The molecule has 0 spiro atoms. The molecule has 1 aromatic rings. The highest BCUT2D eigenvalue weighted by Crippen LogP contribution is 2.43. The van der Waals surface area contributed by atoms with E-state index in [1.165, 1.54) is 0 Å². The van der Waals surface area contributed by atoms with Crippen LogP contribution in [-0.2, 0) is 14.3 Å². The number of amides is 1. The summed E-state index contributed by atoms with van der Waals surface area (Å²) in [6, 6.07) is 6.47. The van der Waals surface area contributed by atoms with E-state index in [0.29, 0.717) is 37.4 Å². The van der Waals surface area contributed by atoms with Crippen molar-refractivity contribution in [2.45, 2.75) is 30.0 Å². The number of hydrogen-bond donors (Lipinski definition) is 1. The maximum Gasteiger partial charge on any atom is 0.307 e. The van der Waals surface area contributed by atoms with Crippen molar-refractivity contribution in [3.63, 3.8) is 0 Å². The van der Waals surface area contributed by atoms with Crippen LogP contribution < -0.4 is 0 Å². The SMILES string of the molecule is O=C(O)C1CC(F)(F)CCC1C(=O)C(Br)c1ccc(C(=O)N2CCOCC2)cc1. The topological polar surface area (TPSA) is 83.9 Å². The summed E-state index contributed by atoms with van der Waals surface area (Å²) in [4.78, 5) is 37.6. The van der Waals surface area contributed by atoms with E-state index in [2.05, 4.69) is 15.9 Å². The molecular formula is C20H22BrF2NO5. The molecule has 2 aliphatic rings. The number of carboxylic acids is 1. The molecule has 1 N–H and O–H groups in total. The van der Waals surface area contributed by atoms with Crippen molar-refractivity contribution in [2.24, 2.45) is 11.8 Å². The van der Waals surface area contributed by atoms with E-state index >= 15 is 0 Å². The predicted molar refractivity (Wildman–Crippen MR) is 103 cm³/mol. The van der Waals surface area contributed by atoms with Crippen molar-refractivity contribution in [2.75, 3.05) is 26.3 Å². The number of alkyl halides is 3. The standard InChI is InChI=1S/C20H22BrF2NO5/c21-16(17(25)14-5-6-20(22,23)11-15(14)19(27)28)12-1-3-13(4-2-12)18(26)24-7-9-29-10-8-24/h1-4,14-16H,5-11H2,(H,27,28). The van der Waals surface area contributed by atoms with Crippen molar-refractivity contribution in [1.82, 2.24) is 4.90 Å². The van der Waals surface area contributed by atoms with Gasteiger partial charge in [-0.1, -0.05) is 28.1 Å². The molecule has 1 aliphatic heterocycles. The molecule has 0 radical (unpaired) electrons. The smallest absolute Gasteiger partial charge is 0.307 e. The number of carboxylic acid groups (broad SMARTS) is 1. The van der Waals surface area contributed by atoms with Crippen LogP contribution in [-0.4, -0.2) is 59.9 Å². The number of rotatable bonds is 5. The fourth-order valence-corrected chi connectivity index (χ4v) is 4.47. The lowest BCUT2D eigenvalue weighted by Gasteiger charge is -2.33. The van der Waals surface area contributed by atoms with Gasteiger partial charge in [0.2, 0.25) is 5.92 Å². The fourth-order valence-electron chi connectivity index (χ4n) is 3.83. The second kappa shape index (κ2) is 8.87. The maximum atomic E-state index is 13.6. The quantitative estimate of drug-likeness (QED) is 0.663. The van der Waals surface area contributed by atoms with Gasteiger partial charge in [-0.25, -0.2) is 8.78 Å². The lowest BCUT2D eigenvalue weighted by Crippen LogP contribution is -2.41. The number of hydrogen-bond acceptors (Lipinski definition) is 4. The zero-order chi connectivity index (χ0) is 21.2. The summed E-state index contributed by atoms with van der Waals surface area (Å²) in [5.41, 5.74) is 1.03. The zero-order valence-corrected chi connectivity index (χ0v) is 17.2. The normalized spacial score (nSPS) is 25.3. The predicted octanol–water partition coefficient (Wildman–Crippen LogP) is 3.30. The number of carbonyl (C=O) groups excluding carboxylic acids is 2. The third-order valence-electron chi connectivity index (χ3n) is 5.51. The highest BCUT2D eigenvalue weighted by molar-refractivity contribution is 9.09. The molecule has 6 nitrogen and oxygen atoms in total. The van der Waals surface area contributed by atoms with Crippen LogP contribution in [0.5, 0.6) is 0 Å². The Morgan fingerprint density at radius 2 is 1.76 bits per heavy atom. The Kier molecular flexibility index (Phi) is 6.68. The third-order valence-corrected chi connectivity index (χ3v) is 6.49. The first-order valence-corrected chi connectivity index (χ1v) is 10.4. The molecule has 1 saturated carbocycles. The Bertz CT molecular complexity index is 780. The lowest BCUT2D eigenvalue weighted by atomic mass is 9.74. The Hall–Kier alpha value is -1.87. The van der Waals surface area contributed by atoms with Crippen LogP contribution in [0.2, 0.25) is 0 Å². The van der Waals surface area contributed by atoms with E-state index in [4.69, 9.17) is 4.74 Å². The van der Waals surface area contributed by atoms with Crippen LogP contribution in [0.3, 0.4) is 0 Å². The Morgan fingerprint density at radius 3 is 2.34 bits per heavy atom. The van der Waals surface area contributed by atoms with E-state index < -0.39 is 47.2 Å². The van der Waals surface area contributed by atoms with Crippen molar-refractivity contribution < 1.29 is 33.0 Å². The summed E-state index contributed by atoms with van der Waals surface area (Å²) in [6.07, 6.45) is -1.50. The van der Waals surface area contributed by atoms with Gasteiger partial charge in [0.05, 0.1) is 24.0 Å². The molecule has 1 amide bonds. The Balaban J connectivity index is 1.70. The molecule has 2 fully saturated rings. The summed E-state index contributed by atoms with van der Waals surface area (Å²) in [5, 5.41) is 9.31. The third kappa shape index (κ3) is 5.01. The Morgan fingerprint density at radius 1 is 1.14 bits per heavy atom. The second-order valence-electron chi connectivity index (χ2n) is 7.44. The van der Waals surface area contributed by atoms with Gasteiger partial charge < -0.3 is 14.7 Å². The van der Waals surface area contributed by atoms with Gasteiger partial charge in [0, 0.05) is 37.4 Å². The number of benzene rings is 1. The fraction of sp³-hybridized carbons (Fsp3) is 0.550. The van der Waals surface area contributed by atoms with E-state index in [-0.39, 0.29) is 12.3 Å². The first-order chi connectivity index (χ1) is 13.7. The van der Waals surface area contributed by atoms with Crippen LogP contribution >= 0.6 is 15.9 Å². The molecule has 0 aromatic heterocycles. The zero-order valence-electron chi connectivity index (χ0n) is 15.7. The van der Waals surface area contributed by atoms with Gasteiger partial charge in [0.1, 0.15) is 0 Å². The summed E-state index contributed by atoms with van der Waals surface area (Å²) in [6.45, 7) is 2.02. The number of Topliss-reactive ketones (excluding diaryl/α,β-unsaturated/α-hetero) is 1. The van der Waals surface area contributed by atoms with Gasteiger partial charge in [0.25, 0.3) is 5.91 Å². The number of halogens is 3. The molecule has 1 saturated heterocycles. The highest BCUT2D eigenvalue weighted by atomic mass is 79.9. The van der Waals surface area contributed by atoms with Crippen LogP contribution in [0.4, 0.5) is 8.78 Å². The minimum Gasteiger partial charge on any atom is -0.481 e. The molecule has 3 rings (SSSR count). The summed E-state index contributed by atoms with van der Waals surface area (Å²) in [7, 11) is 0. The Labute approximate surface area is 175 Å². The minimum absolute atomic E-state index is 0.127. The number of ketones is 1. The van der Waals surface area contributed by atoms with Gasteiger partial charge in [0.15, 0.2) is 5.78 Å². The molecule has 3 unspecified atom stereocenters. The van der Waals surface area contributed by atoms with Gasteiger partial charge in [-0.05, 0) is 24.1 Å². The van der Waals surface area contributed by atoms with Crippen LogP contribution in [0, 0.1) is 11.8 Å². The van der Waals surface area contributed by atoms with Gasteiger partial charge in [-0.15, -0.1) is 0 Å². The van der Waals surface area contributed by atoms with Gasteiger partial charge in [-0.3, -0.25) is 14.4 Å². The second-order valence-corrected chi connectivity index (χ2v) is 8.36. The summed E-state index contributed by atoms with van der Waals surface area (Å²) < 4.78 is 32.5. The summed E-state index contributed by atoms with van der Waals surface area (Å²) in [5.74, 6) is -7.39. The van der Waals surface area contributed by atoms with Crippen LogP contribution in [0.15, 0.2) is 24.3 Å². The van der Waals surface area contributed by atoms with Crippen LogP contribution in [0.1, 0.15) is 40.0 Å². The van der Waals surface area contributed by atoms with E-state index in [0.717, 1.165) is 0 Å². The number of carbonyl (C=O) groups is 3. The van der Waals surface area contributed by atoms with Crippen molar-refractivity contribution in [3.8, 4) is 0 Å². The molecule has 3 atom stereocenters. The maximum absolute atomic E-state index is 13.6. The van der Waals surface area contributed by atoms with Gasteiger partial charge >= 0.3 is 5.97 Å². The molecular weight excluding hydrogens is 452 g/mol. The van der Waals surface area contributed by atoms with Crippen molar-refractivity contribution in [3.05, 3.63) is 35.4 Å². The van der Waals surface area contributed by atoms with Crippen molar-refractivity contribution >= 4 is 33.6 Å². The number of morpholine rings is 1. The molecule has 0 bridgehead atoms. The molecule has 1 aliphatic carbocycles.